The first kappa shape index (κ1) is 16.2. The lowest BCUT2D eigenvalue weighted by atomic mass is 10.1. The summed E-state index contributed by atoms with van der Waals surface area (Å²) in [5.74, 6) is 0. The topological polar surface area (TPSA) is 86.1 Å². The molecule has 1 aromatic rings. The average molecular weight is 334 g/mol. The standard InChI is InChI=1S/C16H22N4O2S/c17-11-14-10-15(7-8-18-14)20-9-3-6-16(12-20)23(21,22)19-13-4-1-2-5-13/h7-8,10,13,16,19H,1-6,9,12H2/t16-/m0/s1. The van der Waals surface area contributed by atoms with Crippen molar-refractivity contribution in [3.8, 4) is 6.07 Å². The summed E-state index contributed by atoms with van der Waals surface area (Å²) in [4.78, 5) is 6.02. The van der Waals surface area contributed by atoms with Crippen LogP contribution in [-0.2, 0) is 10.0 Å². The Morgan fingerprint density at radius 3 is 2.78 bits per heavy atom. The summed E-state index contributed by atoms with van der Waals surface area (Å²) in [5, 5.41) is 8.57. The van der Waals surface area contributed by atoms with Gasteiger partial charge in [0.1, 0.15) is 11.8 Å². The Hall–Kier alpha value is -1.65. The number of anilines is 1. The molecule has 1 aliphatic carbocycles. The summed E-state index contributed by atoms with van der Waals surface area (Å²) in [7, 11) is -3.30. The van der Waals surface area contributed by atoms with Gasteiger partial charge in [-0.25, -0.2) is 18.1 Å². The number of rotatable bonds is 4. The number of hydrogen-bond acceptors (Lipinski definition) is 5. The summed E-state index contributed by atoms with van der Waals surface area (Å²) in [6, 6.07) is 5.70. The molecule has 23 heavy (non-hydrogen) atoms. The fraction of sp³-hybridized carbons (Fsp3) is 0.625. The second-order valence-corrected chi connectivity index (χ2v) is 8.36. The Labute approximate surface area is 137 Å². The second kappa shape index (κ2) is 6.85. The lowest BCUT2D eigenvalue weighted by Gasteiger charge is -2.34. The molecule has 2 heterocycles. The Bertz CT molecular complexity index is 692. The number of nitriles is 1. The third kappa shape index (κ3) is 3.82. The first-order chi connectivity index (χ1) is 11.1. The summed E-state index contributed by atoms with van der Waals surface area (Å²) < 4.78 is 28.2. The molecule has 124 valence electrons. The number of pyridine rings is 1. The highest BCUT2D eigenvalue weighted by molar-refractivity contribution is 7.90. The Kier molecular flexibility index (Phi) is 4.83. The Morgan fingerprint density at radius 2 is 2.04 bits per heavy atom. The molecular weight excluding hydrogens is 312 g/mol. The van der Waals surface area contributed by atoms with Crippen molar-refractivity contribution >= 4 is 15.7 Å². The van der Waals surface area contributed by atoms with Gasteiger partial charge in [-0.3, -0.25) is 0 Å². The van der Waals surface area contributed by atoms with Crippen molar-refractivity contribution in [2.45, 2.75) is 49.8 Å². The number of nitrogens with one attached hydrogen (secondary N) is 1. The van der Waals surface area contributed by atoms with Crippen molar-refractivity contribution < 1.29 is 8.42 Å². The van der Waals surface area contributed by atoms with Crippen LogP contribution in [0.3, 0.4) is 0 Å². The number of aromatic nitrogens is 1. The molecule has 1 saturated carbocycles. The molecule has 0 spiro atoms. The van der Waals surface area contributed by atoms with Gasteiger partial charge in [0.2, 0.25) is 10.0 Å². The molecule has 2 aliphatic rings. The zero-order valence-electron chi connectivity index (χ0n) is 13.1. The summed E-state index contributed by atoms with van der Waals surface area (Å²) in [6.07, 6.45) is 7.24. The molecule has 1 aromatic heterocycles. The predicted octanol–water partition coefficient (Wildman–Crippen LogP) is 1.78. The summed E-state index contributed by atoms with van der Waals surface area (Å²) in [5.41, 5.74) is 1.23. The van der Waals surface area contributed by atoms with E-state index in [1.807, 2.05) is 17.0 Å². The van der Waals surface area contributed by atoms with Gasteiger partial charge in [0, 0.05) is 31.0 Å². The maximum absolute atomic E-state index is 12.6. The maximum Gasteiger partial charge on any atom is 0.216 e. The van der Waals surface area contributed by atoms with E-state index < -0.39 is 15.3 Å². The Balaban J connectivity index is 1.71. The number of hydrogen-bond donors (Lipinski definition) is 1. The first-order valence-electron chi connectivity index (χ1n) is 8.21. The van der Waals surface area contributed by atoms with E-state index in [2.05, 4.69) is 9.71 Å². The van der Waals surface area contributed by atoms with Gasteiger partial charge in [0.05, 0.1) is 5.25 Å². The smallest absolute Gasteiger partial charge is 0.216 e. The highest BCUT2D eigenvalue weighted by Crippen LogP contribution is 2.25. The third-order valence-electron chi connectivity index (χ3n) is 4.73. The third-order valence-corrected chi connectivity index (χ3v) is 6.65. The lowest BCUT2D eigenvalue weighted by molar-refractivity contribution is 0.506. The van der Waals surface area contributed by atoms with Crippen molar-refractivity contribution in [1.82, 2.24) is 9.71 Å². The fourth-order valence-corrected chi connectivity index (χ4v) is 5.22. The predicted molar refractivity (Wildman–Crippen MR) is 88.5 cm³/mol. The monoisotopic (exact) mass is 334 g/mol. The van der Waals surface area contributed by atoms with Gasteiger partial charge in [-0.2, -0.15) is 5.26 Å². The van der Waals surface area contributed by atoms with Crippen molar-refractivity contribution in [2.24, 2.45) is 0 Å². The van der Waals surface area contributed by atoms with Crippen LogP contribution in [0, 0.1) is 11.3 Å². The van der Waals surface area contributed by atoms with Crippen molar-refractivity contribution in [3.63, 3.8) is 0 Å². The van der Waals surface area contributed by atoms with E-state index in [4.69, 9.17) is 5.26 Å². The van der Waals surface area contributed by atoms with Crippen LogP contribution in [0.25, 0.3) is 0 Å². The van der Waals surface area contributed by atoms with E-state index in [-0.39, 0.29) is 6.04 Å². The van der Waals surface area contributed by atoms with Crippen LogP contribution in [0.5, 0.6) is 0 Å². The van der Waals surface area contributed by atoms with Gasteiger partial charge < -0.3 is 4.90 Å². The molecule has 1 atom stereocenters. The molecule has 0 bridgehead atoms. The maximum atomic E-state index is 12.6. The van der Waals surface area contributed by atoms with Crippen LogP contribution in [0.1, 0.15) is 44.2 Å². The minimum atomic E-state index is -3.30. The first-order valence-corrected chi connectivity index (χ1v) is 9.75. The summed E-state index contributed by atoms with van der Waals surface area (Å²) in [6.45, 7) is 1.28. The lowest BCUT2D eigenvalue weighted by Crippen LogP contribution is -2.48. The van der Waals surface area contributed by atoms with Crippen LogP contribution in [0.2, 0.25) is 0 Å². The van der Waals surface area contributed by atoms with Crippen molar-refractivity contribution in [2.75, 3.05) is 18.0 Å². The molecule has 1 aliphatic heterocycles. The van der Waals surface area contributed by atoms with Crippen LogP contribution < -0.4 is 9.62 Å². The van der Waals surface area contributed by atoms with E-state index in [1.54, 1.807) is 12.3 Å². The van der Waals surface area contributed by atoms with Crippen LogP contribution >= 0.6 is 0 Å². The van der Waals surface area contributed by atoms with Gasteiger partial charge in [-0.05, 0) is 37.8 Å². The zero-order chi connectivity index (χ0) is 16.3. The van der Waals surface area contributed by atoms with Crippen LogP contribution in [0.4, 0.5) is 5.69 Å². The minimum Gasteiger partial charge on any atom is -0.370 e. The average Bonchev–Trinajstić information content (AvgIpc) is 3.07. The molecule has 1 saturated heterocycles. The van der Waals surface area contributed by atoms with Crippen molar-refractivity contribution in [3.05, 3.63) is 24.0 Å². The highest BCUT2D eigenvalue weighted by atomic mass is 32.2. The fourth-order valence-electron chi connectivity index (χ4n) is 3.48. The van der Waals surface area contributed by atoms with Gasteiger partial charge in [0.25, 0.3) is 0 Å². The molecule has 3 rings (SSSR count). The molecule has 0 aromatic carbocycles. The van der Waals surface area contributed by atoms with E-state index >= 15 is 0 Å². The Morgan fingerprint density at radius 1 is 1.26 bits per heavy atom. The largest absolute Gasteiger partial charge is 0.370 e. The molecule has 0 radical (unpaired) electrons. The molecule has 0 amide bonds. The quantitative estimate of drug-likeness (QED) is 0.907. The molecule has 7 heteroatoms. The van der Waals surface area contributed by atoms with E-state index in [9.17, 15) is 8.42 Å². The molecule has 6 nitrogen and oxygen atoms in total. The number of sulfonamides is 1. The zero-order valence-corrected chi connectivity index (χ0v) is 13.9. The van der Waals surface area contributed by atoms with Gasteiger partial charge in [0.15, 0.2) is 0 Å². The number of piperidine rings is 1. The molecule has 1 N–H and O–H groups in total. The molecule has 2 fully saturated rings. The SMILES string of the molecule is N#Cc1cc(N2CCC[C@H](S(=O)(=O)NC3CCCC3)C2)ccn1. The summed E-state index contributed by atoms with van der Waals surface area (Å²) >= 11 is 0. The second-order valence-electron chi connectivity index (χ2n) is 6.37. The minimum absolute atomic E-state index is 0.112. The number of nitrogens with zero attached hydrogens (tertiary/aromatic N) is 3. The van der Waals surface area contributed by atoms with E-state index in [0.29, 0.717) is 18.7 Å². The van der Waals surface area contributed by atoms with Gasteiger partial charge >= 0.3 is 0 Å². The van der Waals surface area contributed by atoms with Crippen molar-refractivity contribution in [1.29, 1.82) is 5.26 Å². The van der Waals surface area contributed by atoms with Crippen LogP contribution in [0.15, 0.2) is 18.3 Å². The molecule has 0 unspecified atom stereocenters. The normalized spacial score (nSPS) is 22.9. The molecular formula is C16H22N4O2S. The van der Waals surface area contributed by atoms with Crippen LogP contribution in [-0.4, -0.2) is 37.8 Å². The van der Waals surface area contributed by atoms with E-state index in [1.165, 1.54) is 0 Å². The highest BCUT2D eigenvalue weighted by Gasteiger charge is 2.33. The van der Waals surface area contributed by atoms with E-state index in [0.717, 1.165) is 44.3 Å². The van der Waals surface area contributed by atoms with Gasteiger partial charge in [-0.15, -0.1) is 0 Å². The van der Waals surface area contributed by atoms with Gasteiger partial charge in [-0.1, -0.05) is 12.8 Å².